The summed E-state index contributed by atoms with van der Waals surface area (Å²) in [5.74, 6) is 0.0911. The molecule has 0 aliphatic carbocycles. The van der Waals surface area contributed by atoms with E-state index in [1.807, 2.05) is 52.0 Å². The molecule has 1 amide bonds. The van der Waals surface area contributed by atoms with Crippen molar-refractivity contribution in [3.05, 3.63) is 63.7 Å². The lowest BCUT2D eigenvalue weighted by molar-refractivity contribution is -0.112. The Labute approximate surface area is 159 Å². The average Bonchev–Trinajstić information content (AvgIpc) is 2.58. The van der Waals surface area contributed by atoms with Crippen molar-refractivity contribution in [2.75, 3.05) is 5.32 Å². The second-order valence-electron chi connectivity index (χ2n) is 6.22. The van der Waals surface area contributed by atoms with E-state index in [0.717, 1.165) is 11.1 Å². The van der Waals surface area contributed by atoms with Gasteiger partial charge in [-0.15, -0.1) is 0 Å². The van der Waals surface area contributed by atoms with Crippen LogP contribution < -0.4 is 10.1 Å². The molecule has 2 aromatic carbocycles. The van der Waals surface area contributed by atoms with Gasteiger partial charge in [0.1, 0.15) is 17.4 Å². The zero-order valence-corrected chi connectivity index (χ0v) is 16.0. The number of rotatable bonds is 5. The molecule has 5 heteroatoms. The fourth-order valence-corrected chi connectivity index (χ4v) is 2.55. The van der Waals surface area contributed by atoms with Crippen molar-refractivity contribution < 1.29 is 9.53 Å². The van der Waals surface area contributed by atoms with E-state index in [4.69, 9.17) is 16.3 Å². The Kier molecular flexibility index (Phi) is 6.43. The molecule has 2 rings (SSSR count). The molecule has 4 nitrogen and oxygen atoms in total. The van der Waals surface area contributed by atoms with Gasteiger partial charge in [0.05, 0.1) is 6.10 Å². The first-order valence-corrected chi connectivity index (χ1v) is 8.65. The summed E-state index contributed by atoms with van der Waals surface area (Å²) in [7, 11) is 0. The van der Waals surface area contributed by atoms with Crippen molar-refractivity contribution in [1.82, 2.24) is 0 Å². The topological polar surface area (TPSA) is 62.1 Å². The third kappa shape index (κ3) is 4.87. The molecule has 0 spiro atoms. The van der Waals surface area contributed by atoms with Gasteiger partial charge in [-0.2, -0.15) is 5.26 Å². The monoisotopic (exact) mass is 368 g/mol. The maximum atomic E-state index is 12.6. The van der Waals surface area contributed by atoms with Gasteiger partial charge in [-0.1, -0.05) is 23.7 Å². The van der Waals surface area contributed by atoms with Crippen molar-refractivity contribution in [3.63, 3.8) is 0 Å². The standard InChI is InChI=1S/C21H21ClN2O2/c1-13(2)26-20-9-8-18(22)11-16(20)10-17(12-23)21(25)24-19-7-5-6-14(3)15(19)4/h5-11,13H,1-4H3,(H,24,25)/b17-10+. The van der Waals surface area contributed by atoms with E-state index in [-0.39, 0.29) is 11.7 Å². The molecule has 0 aliphatic heterocycles. The fraction of sp³-hybridized carbons (Fsp3) is 0.238. The number of benzene rings is 2. The van der Waals surface area contributed by atoms with Crippen LogP contribution in [0.1, 0.15) is 30.5 Å². The molecule has 0 aliphatic rings. The van der Waals surface area contributed by atoms with Crippen LogP contribution in [0, 0.1) is 25.2 Å². The largest absolute Gasteiger partial charge is 0.490 e. The Morgan fingerprint density at radius 3 is 2.65 bits per heavy atom. The number of aryl methyl sites for hydroxylation is 1. The van der Waals surface area contributed by atoms with Crippen molar-refractivity contribution >= 4 is 29.3 Å². The van der Waals surface area contributed by atoms with Gasteiger partial charge in [0, 0.05) is 16.3 Å². The van der Waals surface area contributed by atoms with E-state index in [1.165, 1.54) is 6.08 Å². The highest BCUT2D eigenvalue weighted by Gasteiger charge is 2.13. The predicted molar refractivity (Wildman–Crippen MR) is 105 cm³/mol. The zero-order chi connectivity index (χ0) is 19.3. The first-order chi connectivity index (χ1) is 12.3. The second kappa shape index (κ2) is 8.55. The van der Waals surface area contributed by atoms with Gasteiger partial charge in [0.15, 0.2) is 0 Å². The number of hydrogen-bond donors (Lipinski definition) is 1. The number of ether oxygens (including phenoxy) is 1. The average molecular weight is 369 g/mol. The van der Waals surface area contributed by atoms with E-state index in [0.29, 0.717) is 22.0 Å². The number of amides is 1. The zero-order valence-electron chi connectivity index (χ0n) is 15.3. The molecule has 0 bridgehead atoms. The SMILES string of the molecule is Cc1cccc(NC(=O)/C(C#N)=C/c2cc(Cl)ccc2OC(C)C)c1C. The van der Waals surface area contributed by atoms with Crippen LogP contribution in [0.3, 0.4) is 0 Å². The maximum absolute atomic E-state index is 12.6. The number of carbonyl (C=O) groups excluding carboxylic acids is 1. The molecule has 1 N–H and O–H groups in total. The lowest BCUT2D eigenvalue weighted by Gasteiger charge is -2.13. The molecule has 0 aromatic heterocycles. The van der Waals surface area contributed by atoms with E-state index in [9.17, 15) is 10.1 Å². The van der Waals surface area contributed by atoms with Crippen molar-refractivity contribution in [2.24, 2.45) is 0 Å². The molecule has 0 unspecified atom stereocenters. The van der Waals surface area contributed by atoms with E-state index in [2.05, 4.69) is 5.32 Å². The Morgan fingerprint density at radius 2 is 2.00 bits per heavy atom. The highest BCUT2D eigenvalue weighted by molar-refractivity contribution is 6.30. The fourth-order valence-electron chi connectivity index (χ4n) is 2.37. The lowest BCUT2D eigenvalue weighted by Crippen LogP contribution is -2.14. The van der Waals surface area contributed by atoms with Gasteiger partial charge >= 0.3 is 0 Å². The van der Waals surface area contributed by atoms with Crippen LogP contribution in [0.15, 0.2) is 42.0 Å². The molecule has 0 radical (unpaired) electrons. The van der Waals surface area contributed by atoms with E-state index in [1.54, 1.807) is 18.2 Å². The van der Waals surface area contributed by atoms with Crippen molar-refractivity contribution in [2.45, 2.75) is 33.8 Å². The summed E-state index contributed by atoms with van der Waals surface area (Å²) in [4.78, 5) is 12.6. The molecule has 26 heavy (non-hydrogen) atoms. The van der Waals surface area contributed by atoms with Gasteiger partial charge in [-0.25, -0.2) is 0 Å². The highest BCUT2D eigenvalue weighted by atomic mass is 35.5. The van der Waals surface area contributed by atoms with Crippen LogP contribution >= 0.6 is 11.6 Å². The number of nitriles is 1. The minimum absolute atomic E-state index is 0.0261. The van der Waals surface area contributed by atoms with Crippen LogP contribution in [0.25, 0.3) is 6.08 Å². The summed E-state index contributed by atoms with van der Waals surface area (Å²) in [5, 5.41) is 12.7. The smallest absolute Gasteiger partial charge is 0.266 e. The summed E-state index contributed by atoms with van der Waals surface area (Å²) < 4.78 is 5.73. The summed E-state index contributed by atoms with van der Waals surface area (Å²) in [6.45, 7) is 7.70. The predicted octanol–water partition coefficient (Wildman–Crippen LogP) is 5.29. The Hall–Kier alpha value is -2.77. The van der Waals surface area contributed by atoms with Crippen molar-refractivity contribution in [3.8, 4) is 11.8 Å². The minimum Gasteiger partial charge on any atom is -0.490 e. The summed E-state index contributed by atoms with van der Waals surface area (Å²) in [6, 6.07) is 12.7. The molecule has 0 fully saturated rings. The van der Waals surface area contributed by atoms with E-state index >= 15 is 0 Å². The summed E-state index contributed by atoms with van der Waals surface area (Å²) >= 11 is 6.06. The van der Waals surface area contributed by atoms with Crippen LogP contribution in [-0.4, -0.2) is 12.0 Å². The number of anilines is 1. The van der Waals surface area contributed by atoms with E-state index < -0.39 is 5.91 Å². The molecule has 134 valence electrons. The molecule has 2 aromatic rings. The molecule has 0 heterocycles. The maximum Gasteiger partial charge on any atom is 0.266 e. The normalized spacial score (nSPS) is 11.2. The number of halogens is 1. The number of nitrogens with zero attached hydrogens (tertiary/aromatic N) is 1. The van der Waals surface area contributed by atoms with Gasteiger partial charge in [-0.05, 0) is 69.2 Å². The number of carbonyl (C=O) groups is 1. The van der Waals surface area contributed by atoms with Gasteiger partial charge in [0.25, 0.3) is 5.91 Å². The summed E-state index contributed by atoms with van der Waals surface area (Å²) in [6.07, 6.45) is 1.45. The molecular weight excluding hydrogens is 348 g/mol. The first-order valence-electron chi connectivity index (χ1n) is 8.27. The lowest BCUT2D eigenvalue weighted by atomic mass is 10.1. The van der Waals surface area contributed by atoms with Gasteiger partial charge in [-0.3, -0.25) is 4.79 Å². The Bertz CT molecular complexity index is 895. The van der Waals surface area contributed by atoms with Crippen LogP contribution in [0.4, 0.5) is 5.69 Å². The van der Waals surface area contributed by atoms with Crippen molar-refractivity contribution in [1.29, 1.82) is 5.26 Å². The van der Waals surface area contributed by atoms with Crippen LogP contribution in [-0.2, 0) is 4.79 Å². The van der Waals surface area contributed by atoms with Gasteiger partial charge in [0.2, 0.25) is 0 Å². The number of nitrogens with one attached hydrogen (secondary N) is 1. The molecule has 0 atom stereocenters. The third-order valence-corrected chi connectivity index (χ3v) is 4.09. The Balaban J connectivity index is 2.36. The van der Waals surface area contributed by atoms with Crippen LogP contribution in [0.2, 0.25) is 5.02 Å². The molecule has 0 saturated heterocycles. The summed E-state index contributed by atoms with van der Waals surface area (Å²) in [5.41, 5.74) is 3.26. The first kappa shape index (κ1) is 19.6. The van der Waals surface area contributed by atoms with Gasteiger partial charge < -0.3 is 10.1 Å². The Morgan fingerprint density at radius 1 is 1.27 bits per heavy atom. The highest BCUT2D eigenvalue weighted by Crippen LogP contribution is 2.27. The van der Waals surface area contributed by atoms with Crippen LogP contribution in [0.5, 0.6) is 5.75 Å². The minimum atomic E-state index is -0.475. The molecular formula is C21H21ClN2O2. The quantitative estimate of drug-likeness (QED) is 0.576. The molecule has 0 saturated carbocycles. The second-order valence-corrected chi connectivity index (χ2v) is 6.66. The number of hydrogen-bond acceptors (Lipinski definition) is 3. The third-order valence-electron chi connectivity index (χ3n) is 3.85.